The van der Waals surface area contributed by atoms with Crippen molar-refractivity contribution in [3.8, 4) is 0 Å². The topological polar surface area (TPSA) is 74.7 Å². The molecule has 80 valence electrons. The first-order chi connectivity index (χ1) is 7.61. The normalized spacial score (nSPS) is 14.6. The Labute approximate surface area is 90.6 Å². The van der Waals surface area contributed by atoms with E-state index in [0.29, 0.717) is 0 Å². The number of nitrogens with zero attached hydrogens (tertiary/aromatic N) is 1. The second-order valence-corrected chi connectivity index (χ2v) is 3.17. The molecule has 1 heterocycles. The van der Waals surface area contributed by atoms with Gasteiger partial charge < -0.3 is 5.11 Å². The number of benzene rings is 1. The van der Waals surface area contributed by atoms with Crippen LogP contribution in [-0.4, -0.2) is 22.9 Å². The molecule has 0 aliphatic carbocycles. The van der Waals surface area contributed by atoms with Crippen LogP contribution in [0, 0.1) is 0 Å². The van der Waals surface area contributed by atoms with E-state index in [1.54, 1.807) is 6.07 Å². The van der Waals surface area contributed by atoms with Gasteiger partial charge in [-0.25, -0.2) is 9.69 Å². The number of imide groups is 1. The van der Waals surface area contributed by atoms with Gasteiger partial charge in [0, 0.05) is 12.2 Å². The maximum atomic E-state index is 11.4. The number of hydrogen-bond donors (Lipinski definition) is 1. The van der Waals surface area contributed by atoms with Gasteiger partial charge in [0.15, 0.2) is 0 Å². The fraction of sp³-hybridized carbons (Fsp3) is 0. The van der Waals surface area contributed by atoms with Crippen LogP contribution in [0.15, 0.2) is 36.4 Å². The Bertz CT molecular complexity index is 500. The van der Waals surface area contributed by atoms with Gasteiger partial charge in [0.2, 0.25) is 0 Å². The van der Waals surface area contributed by atoms with Crippen LogP contribution in [0.5, 0.6) is 0 Å². The monoisotopic (exact) mass is 217 g/mol. The molecule has 2 amide bonds. The zero-order chi connectivity index (χ0) is 11.7. The third kappa shape index (κ3) is 1.48. The maximum absolute atomic E-state index is 11.4. The summed E-state index contributed by atoms with van der Waals surface area (Å²) in [5.41, 5.74) is 0.0166. The van der Waals surface area contributed by atoms with Crippen LogP contribution < -0.4 is 4.90 Å². The van der Waals surface area contributed by atoms with Gasteiger partial charge in [-0.2, -0.15) is 0 Å². The number of amides is 2. The fourth-order valence-corrected chi connectivity index (χ4v) is 1.49. The molecule has 0 fully saturated rings. The summed E-state index contributed by atoms with van der Waals surface area (Å²) >= 11 is 0. The first kappa shape index (κ1) is 10.1. The van der Waals surface area contributed by atoms with E-state index in [1.165, 1.54) is 18.2 Å². The van der Waals surface area contributed by atoms with Crippen molar-refractivity contribution >= 4 is 23.5 Å². The average molecular weight is 217 g/mol. The highest BCUT2D eigenvalue weighted by molar-refractivity contribution is 6.29. The summed E-state index contributed by atoms with van der Waals surface area (Å²) in [5.74, 6) is -2.24. The first-order valence-corrected chi connectivity index (χ1v) is 4.49. The van der Waals surface area contributed by atoms with E-state index in [0.717, 1.165) is 17.1 Å². The predicted octanol–water partition coefficient (Wildman–Crippen LogP) is 0.814. The zero-order valence-corrected chi connectivity index (χ0v) is 8.08. The number of carboxylic acid groups (broad SMARTS) is 1. The molecular weight excluding hydrogens is 210 g/mol. The smallest absolute Gasteiger partial charge is 0.337 e. The van der Waals surface area contributed by atoms with Crippen molar-refractivity contribution in [2.45, 2.75) is 0 Å². The molecule has 1 aliphatic rings. The van der Waals surface area contributed by atoms with Crippen molar-refractivity contribution in [1.82, 2.24) is 0 Å². The van der Waals surface area contributed by atoms with Crippen LogP contribution in [0.2, 0.25) is 0 Å². The molecule has 0 atom stereocenters. The number of aromatic carboxylic acids is 1. The van der Waals surface area contributed by atoms with Gasteiger partial charge in [-0.05, 0) is 12.1 Å². The van der Waals surface area contributed by atoms with Crippen molar-refractivity contribution in [2.75, 3.05) is 4.90 Å². The quantitative estimate of drug-likeness (QED) is 0.744. The first-order valence-electron chi connectivity index (χ1n) is 4.49. The number of rotatable bonds is 2. The average Bonchev–Trinajstić information content (AvgIpc) is 2.58. The van der Waals surface area contributed by atoms with Crippen LogP contribution in [0.25, 0.3) is 0 Å². The standard InChI is InChI=1S/C11H7NO4/c13-9-5-6-10(14)12(9)8-4-2-1-3-7(8)11(15)16/h1-6H,(H,15,16). The number of carbonyl (C=O) groups is 3. The van der Waals surface area contributed by atoms with Crippen LogP contribution in [0.4, 0.5) is 5.69 Å². The summed E-state index contributed by atoms with van der Waals surface area (Å²) in [7, 11) is 0. The molecule has 1 aromatic carbocycles. The van der Waals surface area contributed by atoms with E-state index < -0.39 is 17.8 Å². The molecule has 0 saturated heterocycles. The molecule has 16 heavy (non-hydrogen) atoms. The van der Waals surface area contributed by atoms with E-state index in [-0.39, 0.29) is 11.3 Å². The van der Waals surface area contributed by atoms with E-state index in [4.69, 9.17) is 5.11 Å². The fourth-order valence-electron chi connectivity index (χ4n) is 1.49. The summed E-state index contributed by atoms with van der Waals surface area (Å²) < 4.78 is 0. The Morgan fingerprint density at radius 2 is 1.62 bits per heavy atom. The minimum atomic E-state index is -1.18. The Balaban J connectivity index is 2.52. The summed E-state index contributed by atoms with van der Waals surface area (Å²) in [6.45, 7) is 0. The van der Waals surface area contributed by atoms with Crippen LogP contribution >= 0.6 is 0 Å². The minimum Gasteiger partial charge on any atom is -0.478 e. The lowest BCUT2D eigenvalue weighted by Crippen LogP contribution is -2.31. The molecule has 2 rings (SSSR count). The number of hydrogen-bond acceptors (Lipinski definition) is 3. The van der Waals surface area contributed by atoms with E-state index in [9.17, 15) is 14.4 Å². The summed E-state index contributed by atoms with van der Waals surface area (Å²) in [6.07, 6.45) is 2.22. The molecule has 0 unspecified atom stereocenters. The van der Waals surface area contributed by atoms with Crippen molar-refractivity contribution in [1.29, 1.82) is 0 Å². The molecule has 1 aliphatic heterocycles. The largest absolute Gasteiger partial charge is 0.478 e. The molecule has 1 aromatic rings. The molecule has 1 N–H and O–H groups in total. The molecule has 5 heteroatoms. The van der Waals surface area contributed by atoms with Gasteiger partial charge >= 0.3 is 5.97 Å². The minimum absolute atomic E-state index is 0.0760. The van der Waals surface area contributed by atoms with Gasteiger partial charge in [0.05, 0.1) is 11.3 Å². The molecule has 0 spiro atoms. The Hall–Kier alpha value is -2.43. The van der Waals surface area contributed by atoms with Crippen molar-refractivity contribution in [3.63, 3.8) is 0 Å². The summed E-state index contributed by atoms with van der Waals surface area (Å²) in [4.78, 5) is 34.5. The van der Waals surface area contributed by atoms with E-state index >= 15 is 0 Å². The second kappa shape index (κ2) is 3.62. The maximum Gasteiger partial charge on any atom is 0.337 e. The number of carbonyl (C=O) groups excluding carboxylic acids is 2. The van der Waals surface area contributed by atoms with Gasteiger partial charge in [-0.15, -0.1) is 0 Å². The Morgan fingerprint density at radius 1 is 1.06 bits per heavy atom. The zero-order valence-electron chi connectivity index (χ0n) is 8.08. The van der Waals surface area contributed by atoms with E-state index in [2.05, 4.69) is 0 Å². The lowest BCUT2D eigenvalue weighted by atomic mass is 10.1. The SMILES string of the molecule is O=C(O)c1ccccc1N1C(=O)C=CC1=O. The van der Waals surface area contributed by atoms with Gasteiger partial charge in [-0.1, -0.05) is 12.1 Å². The van der Waals surface area contributed by atoms with Gasteiger partial charge in [0.1, 0.15) is 0 Å². The van der Waals surface area contributed by atoms with Crippen LogP contribution in [-0.2, 0) is 9.59 Å². The lowest BCUT2D eigenvalue weighted by molar-refractivity contribution is -0.119. The third-order valence-electron chi connectivity index (χ3n) is 2.18. The molecule has 5 nitrogen and oxygen atoms in total. The van der Waals surface area contributed by atoms with Crippen LogP contribution in [0.3, 0.4) is 0 Å². The molecule has 0 bridgehead atoms. The van der Waals surface area contributed by atoms with Crippen LogP contribution in [0.1, 0.15) is 10.4 Å². The molecule has 0 saturated carbocycles. The van der Waals surface area contributed by atoms with Crippen molar-refractivity contribution < 1.29 is 19.5 Å². The van der Waals surface area contributed by atoms with Gasteiger partial charge in [-0.3, -0.25) is 9.59 Å². The molecule has 0 radical (unpaired) electrons. The highest BCUT2D eigenvalue weighted by Crippen LogP contribution is 2.23. The summed E-state index contributed by atoms with van der Waals surface area (Å²) in [6, 6.07) is 5.87. The van der Waals surface area contributed by atoms with Crippen molar-refractivity contribution in [3.05, 3.63) is 42.0 Å². The number of para-hydroxylation sites is 1. The summed E-state index contributed by atoms with van der Waals surface area (Å²) in [5, 5.41) is 8.93. The molecular formula is C11H7NO4. The highest BCUT2D eigenvalue weighted by atomic mass is 16.4. The highest BCUT2D eigenvalue weighted by Gasteiger charge is 2.28. The van der Waals surface area contributed by atoms with Crippen molar-refractivity contribution in [2.24, 2.45) is 0 Å². The van der Waals surface area contributed by atoms with Gasteiger partial charge in [0.25, 0.3) is 11.8 Å². The Kier molecular flexibility index (Phi) is 2.28. The second-order valence-electron chi connectivity index (χ2n) is 3.17. The lowest BCUT2D eigenvalue weighted by Gasteiger charge is -2.15. The predicted molar refractivity (Wildman–Crippen MR) is 55.0 cm³/mol. The van der Waals surface area contributed by atoms with E-state index in [1.807, 2.05) is 0 Å². The number of carboxylic acids is 1. The number of anilines is 1. The Morgan fingerprint density at radius 3 is 2.19 bits per heavy atom. The third-order valence-corrected chi connectivity index (χ3v) is 2.18. The molecule has 0 aromatic heterocycles.